The number of aromatic nitrogens is 3. The molecule has 7 heteroatoms. The van der Waals surface area contributed by atoms with Crippen molar-refractivity contribution in [3.05, 3.63) is 28.7 Å². The summed E-state index contributed by atoms with van der Waals surface area (Å²) in [5.41, 5.74) is 4.58. The largest absolute Gasteiger partial charge is 0.456 e. The zero-order valence-electron chi connectivity index (χ0n) is 18.7. The van der Waals surface area contributed by atoms with E-state index in [1.807, 2.05) is 31.4 Å². The van der Waals surface area contributed by atoms with Crippen molar-refractivity contribution in [3.63, 3.8) is 0 Å². The number of carbonyl (C=O) groups excluding carboxylic acids is 2. The molecule has 31 heavy (non-hydrogen) atoms. The molecule has 2 aromatic heterocycles. The molecule has 0 aliphatic heterocycles. The van der Waals surface area contributed by atoms with Gasteiger partial charge in [-0.2, -0.15) is 5.10 Å². The van der Waals surface area contributed by atoms with Gasteiger partial charge in [-0.1, -0.05) is 0 Å². The summed E-state index contributed by atoms with van der Waals surface area (Å²) in [6.07, 6.45) is 8.04. The van der Waals surface area contributed by atoms with Crippen molar-refractivity contribution in [1.29, 1.82) is 0 Å². The molecule has 4 saturated carbocycles. The Labute approximate surface area is 182 Å². The van der Waals surface area contributed by atoms with E-state index < -0.39 is 0 Å². The monoisotopic (exact) mass is 424 g/mol. The highest BCUT2D eigenvalue weighted by Gasteiger charge is 2.51. The fraction of sp³-hybridized carbons (Fsp3) is 0.667. The van der Waals surface area contributed by atoms with Crippen LogP contribution >= 0.6 is 0 Å². The molecule has 1 amide bonds. The number of carbonyl (C=O) groups is 2. The van der Waals surface area contributed by atoms with E-state index in [4.69, 9.17) is 4.74 Å². The molecule has 166 valence electrons. The predicted molar refractivity (Wildman–Crippen MR) is 116 cm³/mol. The standard InChI is InChI=1S/C24H32N4O3/c1-14-6-21-25-15(2)20(16(3)28(21)27-14)4-5-23(30)31-13-22(29)26-24-10-17-7-18(11-24)9-19(8-17)12-24/h6,17-19H,4-5,7-13H2,1-3H3,(H,26,29). The highest BCUT2D eigenvalue weighted by Crippen LogP contribution is 2.55. The number of rotatable bonds is 6. The van der Waals surface area contributed by atoms with Gasteiger partial charge in [0.05, 0.1) is 5.69 Å². The van der Waals surface area contributed by atoms with Gasteiger partial charge >= 0.3 is 5.97 Å². The minimum Gasteiger partial charge on any atom is -0.456 e. The number of nitrogens with one attached hydrogen (secondary N) is 1. The Bertz CT molecular complexity index is 1010. The highest BCUT2D eigenvalue weighted by atomic mass is 16.5. The Morgan fingerprint density at radius 3 is 2.42 bits per heavy atom. The van der Waals surface area contributed by atoms with E-state index in [-0.39, 0.29) is 30.4 Å². The van der Waals surface area contributed by atoms with E-state index in [2.05, 4.69) is 15.4 Å². The van der Waals surface area contributed by atoms with Crippen molar-refractivity contribution in [2.75, 3.05) is 6.61 Å². The average Bonchev–Trinajstić information content (AvgIpc) is 3.05. The summed E-state index contributed by atoms with van der Waals surface area (Å²) in [5.74, 6) is 1.80. The van der Waals surface area contributed by atoms with Gasteiger partial charge in [-0.05, 0) is 89.0 Å². The van der Waals surface area contributed by atoms with E-state index >= 15 is 0 Å². The number of hydrogen-bond acceptors (Lipinski definition) is 5. The van der Waals surface area contributed by atoms with Crippen LogP contribution in [0, 0.1) is 38.5 Å². The van der Waals surface area contributed by atoms with Crippen molar-refractivity contribution in [2.45, 2.75) is 77.7 Å². The smallest absolute Gasteiger partial charge is 0.306 e. The van der Waals surface area contributed by atoms with Crippen molar-refractivity contribution in [2.24, 2.45) is 17.8 Å². The topological polar surface area (TPSA) is 85.6 Å². The lowest BCUT2D eigenvalue weighted by Gasteiger charge is -2.56. The van der Waals surface area contributed by atoms with E-state index in [0.29, 0.717) is 6.42 Å². The second-order valence-corrected chi connectivity index (χ2v) is 10.2. The molecule has 0 aromatic carbocycles. The molecule has 4 aliphatic rings. The van der Waals surface area contributed by atoms with E-state index in [1.165, 1.54) is 19.3 Å². The first kappa shape index (κ1) is 20.5. The zero-order valence-corrected chi connectivity index (χ0v) is 18.7. The van der Waals surface area contributed by atoms with Crippen LogP contribution in [0.3, 0.4) is 0 Å². The van der Waals surface area contributed by atoms with E-state index in [0.717, 1.165) is 65.3 Å². The molecule has 4 bridgehead atoms. The molecule has 4 aliphatic carbocycles. The predicted octanol–water partition coefficient (Wildman–Crippen LogP) is 3.22. The van der Waals surface area contributed by atoms with Crippen molar-refractivity contribution in [3.8, 4) is 0 Å². The van der Waals surface area contributed by atoms with Crippen LogP contribution in [0.1, 0.15) is 67.6 Å². The summed E-state index contributed by atoms with van der Waals surface area (Å²) in [7, 11) is 0. The number of nitrogens with zero attached hydrogens (tertiary/aromatic N) is 3. The SMILES string of the molecule is Cc1cc2nc(C)c(CCC(=O)OCC(=O)NC34CC5CC(CC(C5)C3)C4)c(C)n2n1. The van der Waals surface area contributed by atoms with Crippen LogP contribution in [0.4, 0.5) is 0 Å². The average molecular weight is 425 g/mol. The lowest BCUT2D eigenvalue weighted by Crippen LogP contribution is -2.60. The fourth-order valence-electron chi connectivity index (χ4n) is 6.84. The second-order valence-electron chi connectivity index (χ2n) is 10.2. The third-order valence-corrected chi connectivity index (χ3v) is 7.67. The van der Waals surface area contributed by atoms with Crippen LogP contribution in [0.15, 0.2) is 6.07 Å². The van der Waals surface area contributed by atoms with Gasteiger partial charge in [-0.15, -0.1) is 0 Å². The maximum absolute atomic E-state index is 12.6. The van der Waals surface area contributed by atoms with E-state index in [1.54, 1.807) is 0 Å². The van der Waals surface area contributed by atoms with Crippen molar-refractivity contribution >= 4 is 17.5 Å². The van der Waals surface area contributed by atoms with Crippen LogP contribution in [0.5, 0.6) is 0 Å². The van der Waals surface area contributed by atoms with Crippen LogP contribution in [-0.4, -0.2) is 38.6 Å². The summed E-state index contributed by atoms with van der Waals surface area (Å²) in [4.78, 5) is 29.5. The van der Waals surface area contributed by atoms with Gasteiger partial charge in [-0.25, -0.2) is 9.50 Å². The molecule has 6 rings (SSSR count). The molecule has 1 N–H and O–H groups in total. The third-order valence-electron chi connectivity index (χ3n) is 7.67. The zero-order chi connectivity index (χ0) is 21.8. The normalized spacial score (nSPS) is 28.8. The van der Waals surface area contributed by atoms with Gasteiger partial charge in [0.25, 0.3) is 5.91 Å². The van der Waals surface area contributed by atoms with Gasteiger partial charge in [0, 0.05) is 29.4 Å². The molecule has 2 heterocycles. The van der Waals surface area contributed by atoms with Crippen LogP contribution in [-0.2, 0) is 20.7 Å². The fourth-order valence-corrected chi connectivity index (χ4v) is 6.84. The second kappa shape index (κ2) is 7.61. The minimum atomic E-state index is -0.351. The number of aryl methyl sites for hydroxylation is 3. The summed E-state index contributed by atoms with van der Waals surface area (Å²) in [5, 5.41) is 7.73. The molecular weight excluding hydrogens is 392 g/mol. The summed E-state index contributed by atoms with van der Waals surface area (Å²) in [6.45, 7) is 5.70. The number of fused-ring (bicyclic) bond motifs is 1. The molecular formula is C24H32N4O3. The number of amides is 1. The molecule has 2 aromatic rings. The lowest BCUT2D eigenvalue weighted by atomic mass is 9.53. The van der Waals surface area contributed by atoms with Gasteiger partial charge in [0.15, 0.2) is 12.3 Å². The van der Waals surface area contributed by atoms with Gasteiger partial charge in [0.2, 0.25) is 0 Å². The summed E-state index contributed by atoms with van der Waals surface area (Å²) >= 11 is 0. The van der Waals surface area contributed by atoms with Crippen LogP contribution < -0.4 is 5.32 Å². The van der Waals surface area contributed by atoms with Gasteiger partial charge < -0.3 is 10.1 Å². The van der Waals surface area contributed by atoms with Crippen molar-refractivity contribution < 1.29 is 14.3 Å². The van der Waals surface area contributed by atoms with Crippen LogP contribution in [0.25, 0.3) is 5.65 Å². The number of hydrogen-bond donors (Lipinski definition) is 1. The highest BCUT2D eigenvalue weighted by molar-refractivity contribution is 5.81. The first-order chi connectivity index (χ1) is 14.8. The molecule has 7 nitrogen and oxygen atoms in total. The summed E-state index contributed by atoms with van der Waals surface area (Å²) in [6, 6.07) is 1.94. The lowest BCUT2D eigenvalue weighted by molar-refractivity contribution is -0.150. The Morgan fingerprint density at radius 2 is 1.77 bits per heavy atom. The van der Waals surface area contributed by atoms with Gasteiger partial charge in [-0.3, -0.25) is 9.59 Å². The molecule has 0 unspecified atom stereocenters. The third kappa shape index (κ3) is 3.94. The quantitative estimate of drug-likeness (QED) is 0.720. The Balaban J connectivity index is 1.14. The van der Waals surface area contributed by atoms with E-state index in [9.17, 15) is 9.59 Å². The number of esters is 1. The van der Waals surface area contributed by atoms with Crippen LogP contribution in [0.2, 0.25) is 0 Å². The minimum absolute atomic E-state index is 0.0462. The van der Waals surface area contributed by atoms with Gasteiger partial charge in [0.1, 0.15) is 0 Å². The van der Waals surface area contributed by atoms with Crippen molar-refractivity contribution in [1.82, 2.24) is 19.9 Å². The Morgan fingerprint density at radius 1 is 1.13 bits per heavy atom. The molecule has 0 atom stereocenters. The first-order valence-electron chi connectivity index (χ1n) is 11.6. The maximum Gasteiger partial charge on any atom is 0.306 e. The molecule has 0 spiro atoms. The number of ether oxygens (including phenoxy) is 1. The molecule has 0 saturated heterocycles. The first-order valence-corrected chi connectivity index (χ1v) is 11.6. The Hall–Kier alpha value is -2.44. The Kier molecular flexibility index (Phi) is 5.02. The molecule has 0 radical (unpaired) electrons. The molecule has 4 fully saturated rings. The summed E-state index contributed by atoms with van der Waals surface area (Å²) < 4.78 is 7.14. The maximum atomic E-state index is 12.6.